The van der Waals surface area contributed by atoms with Crippen LogP contribution in [0.3, 0.4) is 0 Å². The van der Waals surface area contributed by atoms with Gasteiger partial charge in [-0.25, -0.2) is 0 Å². The Morgan fingerprint density at radius 1 is 1.00 bits per heavy atom. The van der Waals surface area contributed by atoms with E-state index in [0.717, 1.165) is 18.3 Å². The summed E-state index contributed by atoms with van der Waals surface area (Å²) < 4.78 is 4.19. The maximum absolute atomic E-state index is 4.19. The average molecular weight is 387 g/mol. The predicted octanol–water partition coefficient (Wildman–Crippen LogP) is 7.16. The van der Waals surface area contributed by atoms with E-state index in [4.69, 9.17) is 0 Å². The van der Waals surface area contributed by atoms with Gasteiger partial charge in [-0.2, -0.15) is 24.7 Å². The maximum Gasteiger partial charge on any atom is -0.0582 e. The van der Waals surface area contributed by atoms with E-state index in [0.29, 0.717) is 0 Å². The second kappa shape index (κ2) is 15.1. The van der Waals surface area contributed by atoms with Gasteiger partial charge in [-0.15, -0.1) is 0 Å². The molecule has 0 saturated heterocycles. The molecule has 2 heteroatoms. The molecular weight excluding hydrogens is 347 g/mol. The fourth-order valence-electron chi connectivity index (χ4n) is 2.48. The van der Waals surface area contributed by atoms with Crippen molar-refractivity contribution < 1.29 is 20.9 Å². The van der Waals surface area contributed by atoms with Crippen LogP contribution in [0.5, 0.6) is 0 Å². The van der Waals surface area contributed by atoms with Gasteiger partial charge in [0.15, 0.2) is 0 Å². The summed E-state index contributed by atoms with van der Waals surface area (Å²) in [7, 11) is 0. The SMILES string of the molecule is CC1[CH-]C(C)CCC1.CCC(C)(C)[N]=[Nb].[CH-]1CCCCC1.[CH3-]. The maximum atomic E-state index is 4.19. The van der Waals surface area contributed by atoms with Crippen LogP contribution >= 0.6 is 0 Å². The third-order valence-electron chi connectivity index (χ3n) is 4.43. The summed E-state index contributed by atoms with van der Waals surface area (Å²) in [6.45, 7) is 11.1. The zero-order valence-electron chi connectivity index (χ0n) is 16.1. The van der Waals surface area contributed by atoms with Crippen molar-refractivity contribution >= 4 is 0 Å². The van der Waals surface area contributed by atoms with Gasteiger partial charge >= 0.3 is 57.0 Å². The molecule has 0 aliphatic heterocycles. The zero-order valence-corrected chi connectivity index (χ0v) is 18.3. The van der Waals surface area contributed by atoms with Crippen LogP contribution in [-0.4, -0.2) is 5.54 Å². The second-order valence-electron chi connectivity index (χ2n) is 7.27. The monoisotopic (exact) mass is 387 g/mol. The van der Waals surface area contributed by atoms with E-state index in [-0.39, 0.29) is 13.0 Å². The van der Waals surface area contributed by atoms with Gasteiger partial charge in [0.05, 0.1) is 0 Å². The van der Waals surface area contributed by atoms with Crippen LogP contribution in [0.1, 0.15) is 92.4 Å². The van der Waals surface area contributed by atoms with Crippen LogP contribution in [0.4, 0.5) is 0 Å². The van der Waals surface area contributed by atoms with E-state index in [1.165, 1.54) is 51.4 Å². The molecular formula is C20H40NNb-3. The molecule has 22 heavy (non-hydrogen) atoms. The summed E-state index contributed by atoms with van der Waals surface area (Å²) in [6, 6.07) is 0. The Kier molecular flexibility index (Phi) is 17.0. The summed E-state index contributed by atoms with van der Waals surface area (Å²) in [5, 5.41) is 0. The van der Waals surface area contributed by atoms with Crippen molar-refractivity contribution in [2.24, 2.45) is 15.2 Å². The molecule has 2 unspecified atom stereocenters. The molecule has 0 heterocycles. The van der Waals surface area contributed by atoms with E-state index in [1.54, 1.807) is 20.9 Å². The quantitative estimate of drug-likeness (QED) is 0.352. The Labute approximate surface area is 154 Å². The second-order valence-corrected chi connectivity index (χ2v) is 7.76. The zero-order chi connectivity index (χ0) is 16.1. The third-order valence-corrected chi connectivity index (χ3v) is 5.76. The summed E-state index contributed by atoms with van der Waals surface area (Å²) in [6.07, 6.45) is 17.4. The first-order valence-electron chi connectivity index (χ1n) is 8.94. The number of rotatable bonds is 2. The Bertz CT molecular complexity index is 227. The van der Waals surface area contributed by atoms with Crippen molar-refractivity contribution in [3.05, 3.63) is 20.3 Å². The molecule has 2 saturated carbocycles. The standard InChI is InChI=1S/C8H15.C6H11.C5H11N.CH3.Nb/c1-7-4-3-5-8(2)6-7;1-2-4-6-5-3-1;1-4-5(2,3)6;;/h6-8H,3-5H2,1-2H3;1H,2-6H2;4H2,1-3H3;1H3;/q2*-1;;-1;. The average Bonchev–Trinajstić information content (AvgIpc) is 2.50. The van der Waals surface area contributed by atoms with E-state index >= 15 is 0 Å². The fraction of sp³-hybridized carbons (Fsp3) is 0.850. The van der Waals surface area contributed by atoms with Crippen LogP contribution in [0.15, 0.2) is 3.34 Å². The van der Waals surface area contributed by atoms with Crippen LogP contribution in [0, 0.1) is 32.1 Å². The third kappa shape index (κ3) is 15.4. The summed E-state index contributed by atoms with van der Waals surface area (Å²) in [4.78, 5) is 0. The Hall–Kier alpha value is 0.540. The van der Waals surface area contributed by atoms with E-state index in [2.05, 4.69) is 50.8 Å². The Balaban J connectivity index is 0. The smallest absolute Gasteiger partial charge is 0.0582 e. The van der Waals surface area contributed by atoms with Gasteiger partial charge in [0.1, 0.15) is 0 Å². The predicted molar refractivity (Wildman–Crippen MR) is 97.1 cm³/mol. The molecule has 2 aliphatic carbocycles. The molecule has 0 aromatic heterocycles. The molecule has 0 aromatic rings. The van der Waals surface area contributed by atoms with Crippen molar-refractivity contribution in [1.29, 1.82) is 0 Å². The van der Waals surface area contributed by atoms with Gasteiger partial charge in [-0.3, -0.25) is 0 Å². The molecule has 0 N–H and O–H groups in total. The molecule has 2 fully saturated rings. The molecule has 0 radical (unpaired) electrons. The number of hydrogen-bond donors (Lipinski definition) is 0. The van der Waals surface area contributed by atoms with Crippen LogP contribution < -0.4 is 0 Å². The van der Waals surface area contributed by atoms with Crippen LogP contribution in [0.25, 0.3) is 0 Å². The minimum Gasteiger partial charge on any atom is -0.358 e. The molecule has 0 bridgehead atoms. The van der Waals surface area contributed by atoms with Gasteiger partial charge in [-0.1, -0.05) is 52.4 Å². The van der Waals surface area contributed by atoms with Gasteiger partial charge in [-0.05, 0) is 0 Å². The Morgan fingerprint density at radius 3 is 1.64 bits per heavy atom. The molecule has 0 amide bonds. The number of hydrogen-bond acceptors (Lipinski definition) is 1. The molecule has 0 spiro atoms. The van der Waals surface area contributed by atoms with Gasteiger partial charge in [0.2, 0.25) is 0 Å². The first-order chi connectivity index (χ1) is 9.91. The van der Waals surface area contributed by atoms with Gasteiger partial charge in [0.25, 0.3) is 0 Å². The van der Waals surface area contributed by atoms with Crippen molar-refractivity contribution in [1.82, 2.24) is 0 Å². The van der Waals surface area contributed by atoms with Crippen molar-refractivity contribution in [3.63, 3.8) is 0 Å². The summed E-state index contributed by atoms with van der Waals surface area (Å²) in [5.74, 6) is 1.78. The minimum atomic E-state index is 0. The number of nitrogens with zero attached hydrogens (tertiary/aromatic N) is 1. The molecule has 2 atom stereocenters. The molecule has 0 aromatic carbocycles. The van der Waals surface area contributed by atoms with Crippen molar-refractivity contribution in [2.45, 2.75) is 97.9 Å². The minimum absolute atomic E-state index is 0. The van der Waals surface area contributed by atoms with Gasteiger partial charge < -0.3 is 20.3 Å². The van der Waals surface area contributed by atoms with Crippen molar-refractivity contribution in [2.75, 3.05) is 0 Å². The summed E-state index contributed by atoms with van der Waals surface area (Å²) >= 11 is 1.55. The molecule has 2 aliphatic rings. The van der Waals surface area contributed by atoms with E-state index < -0.39 is 0 Å². The summed E-state index contributed by atoms with van der Waals surface area (Å²) in [5.41, 5.74) is 0.231. The Morgan fingerprint density at radius 2 is 1.50 bits per heavy atom. The largest absolute Gasteiger partial charge is 0.358 e. The molecule has 1 nitrogen and oxygen atoms in total. The van der Waals surface area contributed by atoms with Crippen LogP contribution in [-0.2, 0) is 20.9 Å². The van der Waals surface area contributed by atoms with Crippen LogP contribution in [0.2, 0.25) is 0 Å². The molecule has 133 valence electrons. The molecule has 2 rings (SSSR count). The van der Waals surface area contributed by atoms with E-state index in [1.807, 2.05) is 0 Å². The normalized spacial score (nSPS) is 24.5. The van der Waals surface area contributed by atoms with Gasteiger partial charge in [0, 0.05) is 0 Å². The first kappa shape index (κ1) is 24.8. The fourth-order valence-corrected chi connectivity index (χ4v) is 2.83. The van der Waals surface area contributed by atoms with E-state index in [9.17, 15) is 0 Å². The van der Waals surface area contributed by atoms with Crippen molar-refractivity contribution in [3.8, 4) is 0 Å². The first-order valence-corrected chi connectivity index (χ1v) is 9.92. The topological polar surface area (TPSA) is 12.4 Å².